The molecule has 2 aromatic heterocycles. The molecule has 0 radical (unpaired) electrons. The number of rotatable bonds is 6. The second-order valence-electron chi connectivity index (χ2n) is 6.59. The lowest BCUT2D eigenvalue weighted by atomic mass is 10.1. The number of nitrogens with one attached hydrogen (secondary N) is 1. The molecule has 8 heteroatoms. The van der Waals surface area contributed by atoms with Gasteiger partial charge in [0.05, 0.1) is 10.9 Å². The van der Waals surface area contributed by atoms with Crippen molar-refractivity contribution in [3.8, 4) is 0 Å². The maximum Gasteiger partial charge on any atom is 0.275 e. The summed E-state index contributed by atoms with van der Waals surface area (Å²) in [5.41, 5.74) is 0.403. The fourth-order valence-electron chi connectivity index (χ4n) is 2.93. The molecule has 0 saturated carbocycles. The molecule has 2 amide bonds. The standard InChI is InChI=1S/C17H22N4O2S2/c1-11(2)7-8-18-16(22)15-6-5-14(25-15)13-4-3-9-21(13)17(23)12-10-24-20-19-12/h5-6,10-11,13H,3-4,7-9H2,1-2H3,(H,18,22). The highest BCUT2D eigenvalue weighted by Crippen LogP contribution is 2.36. The Labute approximate surface area is 155 Å². The van der Waals surface area contributed by atoms with Crippen LogP contribution >= 0.6 is 22.9 Å². The zero-order chi connectivity index (χ0) is 17.8. The molecule has 1 aliphatic rings. The van der Waals surface area contributed by atoms with Crippen LogP contribution in [0, 0.1) is 5.92 Å². The maximum atomic E-state index is 12.6. The van der Waals surface area contributed by atoms with Crippen LogP contribution in [0.5, 0.6) is 0 Å². The predicted molar refractivity (Wildman–Crippen MR) is 99.0 cm³/mol. The summed E-state index contributed by atoms with van der Waals surface area (Å²) in [6.45, 7) is 5.68. The highest BCUT2D eigenvalue weighted by atomic mass is 32.1. The van der Waals surface area contributed by atoms with Crippen LogP contribution in [0.15, 0.2) is 17.5 Å². The second-order valence-corrected chi connectivity index (χ2v) is 8.31. The minimum atomic E-state index is -0.0763. The second kappa shape index (κ2) is 8.05. The Morgan fingerprint density at radius 1 is 1.40 bits per heavy atom. The molecule has 3 rings (SSSR count). The van der Waals surface area contributed by atoms with Crippen molar-refractivity contribution in [2.24, 2.45) is 5.92 Å². The van der Waals surface area contributed by atoms with Gasteiger partial charge in [0.25, 0.3) is 11.8 Å². The van der Waals surface area contributed by atoms with Gasteiger partial charge in [-0.05, 0) is 48.8 Å². The van der Waals surface area contributed by atoms with Crippen LogP contribution in [0.1, 0.15) is 64.2 Å². The molecule has 1 fully saturated rings. The van der Waals surface area contributed by atoms with Crippen molar-refractivity contribution in [3.05, 3.63) is 33.0 Å². The van der Waals surface area contributed by atoms with E-state index in [4.69, 9.17) is 0 Å². The topological polar surface area (TPSA) is 75.2 Å². The minimum absolute atomic E-state index is 0.0245. The molecular weight excluding hydrogens is 356 g/mol. The molecule has 0 aromatic carbocycles. The number of aromatic nitrogens is 2. The summed E-state index contributed by atoms with van der Waals surface area (Å²) in [4.78, 5) is 28.5. The van der Waals surface area contributed by atoms with E-state index in [1.165, 1.54) is 22.9 Å². The number of amides is 2. The van der Waals surface area contributed by atoms with Gasteiger partial charge in [-0.2, -0.15) is 0 Å². The van der Waals surface area contributed by atoms with Gasteiger partial charge in [-0.15, -0.1) is 16.4 Å². The summed E-state index contributed by atoms with van der Waals surface area (Å²) in [5, 5.41) is 8.53. The fraction of sp³-hybridized carbons (Fsp3) is 0.529. The highest BCUT2D eigenvalue weighted by molar-refractivity contribution is 7.14. The molecule has 2 aromatic rings. The number of likely N-dealkylation sites (tertiary alicyclic amines) is 1. The van der Waals surface area contributed by atoms with Crippen molar-refractivity contribution in [3.63, 3.8) is 0 Å². The Morgan fingerprint density at radius 2 is 2.24 bits per heavy atom. The Balaban J connectivity index is 1.66. The first-order valence-electron chi connectivity index (χ1n) is 8.52. The smallest absolute Gasteiger partial charge is 0.275 e. The van der Waals surface area contributed by atoms with E-state index in [1.807, 2.05) is 17.0 Å². The van der Waals surface area contributed by atoms with Crippen molar-refractivity contribution in [2.45, 2.75) is 39.2 Å². The van der Waals surface area contributed by atoms with Crippen LogP contribution in [0.25, 0.3) is 0 Å². The number of thiophene rings is 1. The monoisotopic (exact) mass is 378 g/mol. The predicted octanol–water partition coefficient (Wildman–Crippen LogP) is 3.35. The third-order valence-corrected chi connectivity index (χ3v) is 5.97. The van der Waals surface area contributed by atoms with E-state index in [1.54, 1.807) is 5.38 Å². The van der Waals surface area contributed by atoms with Gasteiger partial charge in [-0.25, -0.2) is 0 Å². The Morgan fingerprint density at radius 3 is 2.96 bits per heavy atom. The first-order chi connectivity index (χ1) is 12.1. The first-order valence-corrected chi connectivity index (χ1v) is 10.2. The largest absolute Gasteiger partial charge is 0.351 e. The van der Waals surface area contributed by atoms with Gasteiger partial charge in [-0.1, -0.05) is 18.3 Å². The van der Waals surface area contributed by atoms with Gasteiger partial charge in [0.15, 0.2) is 5.69 Å². The van der Waals surface area contributed by atoms with E-state index in [9.17, 15) is 9.59 Å². The van der Waals surface area contributed by atoms with Gasteiger partial charge in [0, 0.05) is 23.3 Å². The number of nitrogens with zero attached hydrogens (tertiary/aromatic N) is 3. The highest BCUT2D eigenvalue weighted by Gasteiger charge is 2.32. The van der Waals surface area contributed by atoms with Crippen LogP contribution < -0.4 is 5.32 Å². The van der Waals surface area contributed by atoms with E-state index in [0.29, 0.717) is 23.0 Å². The lowest BCUT2D eigenvalue weighted by Gasteiger charge is -2.22. The van der Waals surface area contributed by atoms with Crippen LogP contribution in [0.4, 0.5) is 0 Å². The van der Waals surface area contributed by atoms with Crippen molar-refractivity contribution >= 4 is 34.7 Å². The molecule has 25 heavy (non-hydrogen) atoms. The lowest BCUT2D eigenvalue weighted by Crippen LogP contribution is -2.30. The minimum Gasteiger partial charge on any atom is -0.351 e. The molecule has 0 bridgehead atoms. The maximum absolute atomic E-state index is 12.6. The summed E-state index contributed by atoms with van der Waals surface area (Å²) in [5.74, 6) is 0.460. The molecule has 0 aliphatic carbocycles. The van der Waals surface area contributed by atoms with Gasteiger partial charge in [0.2, 0.25) is 0 Å². The van der Waals surface area contributed by atoms with Crippen LogP contribution in [0.3, 0.4) is 0 Å². The van der Waals surface area contributed by atoms with Gasteiger partial charge in [-0.3, -0.25) is 9.59 Å². The van der Waals surface area contributed by atoms with Crippen molar-refractivity contribution in [1.29, 1.82) is 0 Å². The molecule has 1 unspecified atom stereocenters. The van der Waals surface area contributed by atoms with Crippen LogP contribution in [0.2, 0.25) is 0 Å². The Bertz CT molecular complexity index is 727. The van der Waals surface area contributed by atoms with E-state index in [2.05, 4.69) is 28.8 Å². The molecule has 1 N–H and O–H groups in total. The summed E-state index contributed by atoms with van der Waals surface area (Å²) in [7, 11) is 0. The molecule has 6 nitrogen and oxygen atoms in total. The quantitative estimate of drug-likeness (QED) is 0.836. The van der Waals surface area contributed by atoms with E-state index in [-0.39, 0.29) is 17.9 Å². The van der Waals surface area contributed by atoms with Crippen molar-refractivity contribution < 1.29 is 9.59 Å². The molecule has 1 aliphatic heterocycles. The van der Waals surface area contributed by atoms with Crippen molar-refractivity contribution in [2.75, 3.05) is 13.1 Å². The molecule has 1 saturated heterocycles. The van der Waals surface area contributed by atoms with Gasteiger partial charge >= 0.3 is 0 Å². The number of hydrogen-bond acceptors (Lipinski definition) is 6. The normalized spacial score (nSPS) is 17.2. The molecule has 134 valence electrons. The Kier molecular flexibility index (Phi) is 5.80. The van der Waals surface area contributed by atoms with E-state index < -0.39 is 0 Å². The van der Waals surface area contributed by atoms with Crippen LogP contribution in [-0.2, 0) is 0 Å². The third-order valence-electron chi connectivity index (χ3n) is 4.28. The van der Waals surface area contributed by atoms with E-state index >= 15 is 0 Å². The van der Waals surface area contributed by atoms with Crippen molar-refractivity contribution in [1.82, 2.24) is 19.8 Å². The zero-order valence-corrected chi connectivity index (χ0v) is 16.0. The first kappa shape index (κ1) is 18.0. The number of carbonyl (C=O) groups is 2. The SMILES string of the molecule is CC(C)CCNC(=O)c1ccc(C2CCCN2C(=O)c2csnn2)s1. The number of carbonyl (C=O) groups excluding carboxylic acids is 2. The molecule has 0 spiro atoms. The molecular formula is C17H22N4O2S2. The summed E-state index contributed by atoms with van der Waals surface area (Å²) in [6.07, 6.45) is 2.84. The summed E-state index contributed by atoms with van der Waals surface area (Å²) >= 11 is 2.66. The van der Waals surface area contributed by atoms with Gasteiger partial charge in [0.1, 0.15) is 0 Å². The average molecular weight is 379 g/mol. The average Bonchev–Trinajstić information content (AvgIpc) is 3.33. The fourth-order valence-corrected chi connectivity index (χ4v) is 4.43. The lowest BCUT2D eigenvalue weighted by molar-refractivity contribution is 0.0731. The third kappa shape index (κ3) is 4.24. The Hall–Kier alpha value is -1.80. The summed E-state index contributed by atoms with van der Waals surface area (Å²) < 4.78 is 3.77. The zero-order valence-electron chi connectivity index (χ0n) is 14.4. The molecule has 1 atom stereocenters. The van der Waals surface area contributed by atoms with E-state index in [0.717, 1.165) is 30.7 Å². The van der Waals surface area contributed by atoms with Crippen LogP contribution in [-0.4, -0.2) is 39.4 Å². The molecule has 3 heterocycles. The number of hydrogen-bond donors (Lipinski definition) is 1. The summed E-state index contributed by atoms with van der Waals surface area (Å²) in [6, 6.07) is 3.85. The van der Waals surface area contributed by atoms with Gasteiger partial charge < -0.3 is 10.2 Å².